The highest BCUT2D eigenvalue weighted by atomic mass is 14.2. The van der Waals surface area contributed by atoms with Gasteiger partial charge in [-0.25, -0.2) is 0 Å². The van der Waals surface area contributed by atoms with Crippen LogP contribution in [0.3, 0.4) is 0 Å². The largest absolute Gasteiger partial charge is 0.0945 e. The number of benzene rings is 1. The third-order valence-corrected chi connectivity index (χ3v) is 1.71. The molecule has 0 amide bonds. The number of hydrogen-bond acceptors (Lipinski definition) is 0. The summed E-state index contributed by atoms with van der Waals surface area (Å²) in [6.07, 6.45) is 2.59. The molecule has 11 heavy (non-hydrogen) atoms. The minimum absolute atomic E-state index is 0.690. The molecule has 1 aromatic carbocycles. The van der Waals surface area contributed by atoms with Crippen LogP contribution < -0.4 is 0 Å². The Balaban J connectivity index is 2.12. The lowest BCUT2D eigenvalue weighted by atomic mass is 10.2. The van der Waals surface area contributed by atoms with Crippen molar-refractivity contribution in [1.82, 2.24) is 0 Å². The summed E-state index contributed by atoms with van der Waals surface area (Å²) < 4.78 is 0. The molecule has 1 aliphatic rings. The van der Waals surface area contributed by atoms with Gasteiger partial charge < -0.3 is 0 Å². The average Bonchev–Trinajstić information content (AvgIpc) is 2.86. The summed E-state index contributed by atoms with van der Waals surface area (Å²) in [7, 11) is 0. The van der Waals surface area contributed by atoms with Crippen molar-refractivity contribution in [3.8, 4) is 11.8 Å². The van der Waals surface area contributed by atoms with Gasteiger partial charge in [-0.2, -0.15) is 0 Å². The molecule has 1 aliphatic carbocycles. The predicted molar refractivity (Wildman–Crippen MR) is 44.9 cm³/mol. The van der Waals surface area contributed by atoms with E-state index >= 15 is 0 Å². The van der Waals surface area contributed by atoms with Gasteiger partial charge in [-0.1, -0.05) is 24.0 Å². The first-order valence-electron chi connectivity index (χ1n) is 3.93. The Morgan fingerprint density at radius 2 is 2.36 bits per heavy atom. The van der Waals surface area contributed by atoms with E-state index in [1.165, 1.54) is 12.8 Å². The first kappa shape index (κ1) is 6.49. The highest BCUT2D eigenvalue weighted by Crippen LogP contribution is 2.27. The molecule has 0 heteroatoms. The molecule has 1 saturated carbocycles. The fourth-order valence-electron chi connectivity index (χ4n) is 0.884. The summed E-state index contributed by atoms with van der Waals surface area (Å²) in [5.74, 6) is 7.02. The van der Waals surface area contributed by atoms with Crippen LogP contribution in [0, 0.1) is 23.8 Å². The lowest BCUT2D eigenvalue weighted by molar-refractivity contribution is 1.18. The Hall–Kier alpha value is -1.22. The van der Waals surface area contributed by atoms with Gasteiger partial charge in [0.1, 0.15) is 0 Å². The van der Waals surface area contributed by atoms with Gasteiger partial charge in [-0.15, -0.1) is 0 Å². The molecule has 0 bridgehead atoms. The lowest BCUT2D eigenvalue weighted by Gasteiger charge is -1.84. The van der Waals surface area contributed by atoms with Crippen LogP contribution >= 0.6 is 0 Å². The highest BCUT2D eigenvalue weighted by Gasteiger charge is 2.17. The second kappa shape index (κ2) is 2.80. The van der Waals surface area contributed by atoms with E-state index in [1.807, 2.05) is 24.3 Å². The van der Waals surface area contributed by atoms with E-state index in [2.05, 4.69) is 17.9 Å². The van der Waals surface area contributed by atoms with Crippen LogP contribution in [0.5, 0.6) is 0 Å². The zero-order valence-electron chi connectivity index (χ0n) is 6.30. The normalized spacial score (nSPS) is 15.3. The minimum Gasteiger partial charge on any atom is -0.0945 e. The van der Waals surface area contributed by atoms with E-state index < -0.39 is 0 Å². The van der Waals surface area contributed by atoms with Gasteiger partial charge in [0.2, 0.25) is 0 Å². The standard InChI is InChI=1S/C11H9/c1-2-4-10(5-3-1)6-7-11-8-9-11/h1-2,4-5,11H,8-9H2. The van der Waals surface area contributed by atoms with E-state index in [0.717, 1.165) is 5.56 Å². The Morgan fingerprint density at radius 1 is 1.45 bits per heavy atom. The van der Waals surface area contributed by atoms with Crippen LogP contribution in [-0.4, -0.2) is 0 Å². The van der Waals surface area contributed by atoms with Crippen LogP contribution in [0.15, 0.2) is 24.3 Å². The van der Waals surface area contributed by atoms with E-state index in [-0.39, 0.29) is 0 Å². The molecule has 0 N–H and O–H groups in total. The van der Waals surface area contributed by atoms with Gasteiger partial charge in [0.15, 0.2) is 0 Å². The fourth-order valence-corrected chi connectivity index (χ4v) is 0.884. The maximum Gasteiger partial charge on any atom is 0.0251 e. The van der Waals surface area contributed by atoms with Crippen LogP contribution in [0.25, 0.3) is 0 Å². The van der Waals surface area contributed by atoms with Crippen molar-refractivity contribution in [2.24, 2.45) is 5.92 Å². The Morgan fingerprint density at radius 3 is 3.00 bits per heavy atom. The number of rotatable bonds is 0. The molecular formula is C11H9. The van der Waals surface area contributed by atoms with Crippen molar-refractivity contribution in [3.05, 3.63) is 35.9 Å². The van der Waals surface area contributed by atoms with Gasteiger partial charge in [0, 0.05) is 11.5 Å². The SMILES string of the molecule is C(#CC1CC1)c1c[c]ccc1. The molecule has 1 radical (unpaired) electrons. The molecule has 1 aromatic rings. The Kier molecular flexibility index (Phi) is 1.65. The third-order valence-electron chi connectivity index (χ3n) is 1.71. The first-order chi connectivity index (χ1) is 5.45. The monoisotopic (exact) mass is 141 g/mol. The third kappa shape index (κ3) is 1.85. The van der Waals surface area contributed by atoms with E-state index in [0.29, 0.717) is 5.92 Å². The molecule has 1 fully saturated rings. The molecule has 0 heterocycles. The molecule has 0 saturated heterocycles. The van der Waals surface area contributed by atoms with Gasteiger partial charge in [0.05, 0.1) is 0 Å². The molecule has 0 unspecified atom stereocenters. The molecule has 0 aromatic heterocycles. The second-order valence-electron chi connectivity index (χ2n) is 2.84. The van der Waals surface area contributed by atoms with Gasteiger partial charge >= 0.3 is 0 Å². The summed E-state index contributed by atoms with van der Waals surface area (Å²) in [4.78, 5) is 0. The molecule has 53 valence electrons. The number of hydrogen-bond donors (Lipinski definition) is 0. The van der Waals surface area contributed by atoms with Crippen molar-refractivity contribution < 1.29 is 0 Å². The van der Waals surface area contributed by atoms with Crippen molar-refractivity contribution in [2.45, 2.75) is 12.8 Å². The first-order valence-corrected chi connectivity index (χ1v) is 3.93. The van der Waals surface area contributed by atoms with Gasteiger partial charge in [0.25, 0.3) is 0 Å². The van der Waals surface area contributed by atoms with E-state index in [9.17, 15) is 0 Å². The van der Waals surface area contributed by atoms with Crippen molar-refractivity contribution in [3.63, 3.8) is 0 Å². The zero-order valence-corrected chi connectivity index (χ0v) is 6.30. The quantitative estimate of drug-likeness (QED) is 0.486. The fraction of sp³-hybridized carbons (Fsp3) is 0.273. The molecular weight excluding hydrogens is 132 g/mol. The van der Waals surface area contributed by atoms with Crippen molar-refractivity contribution in [1.29, 1.82) is 0 Å². The van der Waals surface area contributed by atoms with Crippen molar-refractivity contribution in [2.75, 3.05) is 0 Å². The Bertz CT molecular complexity index is 283. The van der Waals surface area contributed by atoms with E-state index in [1.54, 1.807) is 0 Å². The maximum absolute atomic E-state index is 3.20. The van der Waals surface area contributed by atoms with Crippen LogP contribution in [0.1, 0.15) is 18.4 Å². The summed E-state index contributed by atoms with van der Waals surface area (Å²) in [6, 6.07) is 10.8. The van der Waals surface area contributed by atoms with Gasteiger partial charge in [-0.05, 0) is 31.0 Å². The van der Waals surface area contributed by atoms with Crippen molar-refractivity contribution >= 4 is 0 Å². The molecule has 0 aliphatic heterocycles. The summed E-state index contributed by atoms with van der Waals surface area (Å²) in [5, 5.41) is 0. The zero-order chi connectivity index (χ0) is 7.52. The maximum atomic E-state index is 3.20. The highest BCUT2D eigenvalue weighted by molar-refractivity contribution is 5.34. The summed E-state index contributed by atoms with van der Waals surface area (Å²) >= 11 is 0. The second-order valence-corrected chi connectivity index (χ2v) is 2.84. The molecule has 0 nitrogen and oxygen atoms in total. The lowest BCUT2D eigenvalue weighted by Crippen LogP contribution is -1.71. The van der Waals surface area contributed by atoms with E-state index in [4.69, 9.17) is 0 Å². The summed E-state index contributed by atoms with van der Waals surface area (Å²) in [6.45, 7) is 0. The van der Waals surface area contributed by atoms with Crippen LogP contribution in [-0.2, 0) is 0 Å². The molecule has 2 rings (SSSR count). The molecule has 0 spiro atoms. The predicted octanol–water partition coefficient (Wildman–Crippen LogP) is 2.25. The van der Waals surface area contributed by atoms with Gasteiger partial charge in [-0.3, -0.25) is 0 Å². The molecule has 0 atom stereocenters. The van der Waals surface area contributed by atoms with Crippen LogP contribution in [0.2, 0.25) is 0 Å². The Labute approximate surface area is 67.2 Å². The summed E-state index contributed by atoms with van der Waals surface area (Å²) in [5.41, 5.74) is 1.08. The average molecular weight is 141 g/mol. The van der Waals surface area contributed by atoms with Crippen LogP contribution in [0.4, 0.5) is 0 Å². The topological polar surface area (TPSA) is 0 Å². The smallest absolute Gasteiger partial charge is 0.0251 e. The minimum atomic E-state index is 0.690.